The molecule has 0 radical (unpaired) electrons. The highest BCUT2D eigenvalue weighted by Gasteiger charge is 2.30. The van der Waals surface area contributed by atoms with E-state index in [0.717, 1.165) is 31.6 Å². The maximum Gasteiger partial charge on any atom is 0.416 e. The van der Waals surface area contributed by atoms with E-state index in [-0.39, 0.29) is 12.3 Å². The van der Waals surface area contributed by atoms with Crippen LogP contribution in [0.4, 0.5) is 18.9 Å². The average Bonchev–Trinajstić information content (AvgIpc) is 3.09. The van der Waals surface area contributed by atoms with Crippen LogP contribution in [0.5, 0.6) is 0 Å². The zero-order chi connectivity index (χ0) is 19.4. The van der Waals surface area contributed by atoms with Crippen molar-refractivity contribution in [2.45, 2.75) is 25.9 Å². The van der Waals surface area contributed by atoms with Gasteiger partial charge in [0.05, 0.1) is 12.0 Å². The highest BCUT2D eigenvalue weighted by atomic mass is 19.4. The molecule has 3 rings (SSSR count). The van der Waals surface area contributed by atoms with Gasteiger partial charge in [0.25, 0.3) is 0 Å². The number of alkyl halides is 3. The molecule has 3 nitrogen and oxygen atoms in total. The van der Waals surface area contributed by atoms with Gasteiger partial charge >= 0.3 is 6.18 Å². The summed E-state index contributed by atoms with van der Waals surface area (Å²) in [6.07, 6.45) is -3.26. The van der Waals surface area contributed by atoms with Crippen molar-refractivity contribution in [3.05, 3.63) is 65.2 Å². The smallest absolute Gasteiger partial charge is 0.371 e. The van der Waals surface area contributed by atoms with Crippen LogP contribution in [0.15, 0.2) is 48.5 Å². The molecule has 1 fully saturated rings. The minimum absolute atomic E-state index is 0.0896. The van der Waals surface area contributed by atoms with E-state index in [1.807, 2.05) is 12.1 Å². The molecule has 1 saturated heterocycles. The van der Waals surface area contributed by atoms with E-state index in [1.165, 1.54) is 23.4 Å². The molecule has 6 heteroatoms. The third-order valence-corrected chi connectivity index (χ3v) is 4.98. The first kappa shape index (κ1) is 19.3. The van der Waals surface area contributed by atoms with Gasteiger partial charge in [-0.05, 0) is 48.6 Å². The van der Waals surface area contributed by atoms with Gasteiger partial charge in [-0.2, -0.15) is 13.2 Å². The van der Waals surface area contributed by atoms with Crippen LogP contribution >= 0.6 is 0 Å². The summed E-state index contributed by atoms with van der Waals surface area (Å²) in [4.78, 5) is 14.4. The Kier molecular flexibility index (Phi) is 5.73. The Bertz CT molecular complexity index is 787. The summed E-state index contributed by atoms with van der Waals surface area (Å²) in [7, 11) is 0. The first-order valence-electron chi connectivity index (χ1n) is 9.06. The second-order valence-corrected chi connectivity index (χ2v) is 7.06. The van der Waals surface area contributed by atoms with Crippen LogP contribution in [0.25, 0.3) is 0 Å². The molecule has 0 aromatic heterocycles. The van der Waals surface area contributed by atoms with Crippen molar-refractivity contribution in [3.63, 3.8) is 0 Å². The molecule has 1 aliphatic rings. The van der Waals surface area contributed by atoms with Crippen molar-refractivity contribution in [1.29, 1.82) is 0 Å². The molecular weight excluding hydrogens is 353 g/mol. The lowest BCUT2D eigenvalue weighted by atomic mass is 10.1. The number of nitrogens with zero attached hydrogens (tertiary/aromatic N) is 1. The molecule has 2 aromatic rings. The van der Waals surface area contributed by atoms with Gasteiger partial charge in [-0.1, -0.05) is 30.3 Å². The number of hydrogen-bond acceptors (Lipinski definition) is 2. The van der Waals surface area contributed by atoms with E-state index in [1.54, 1.807) is 0 Å². The monoisotopic (exact) mass is 376 g/mol. The number of carbonyl (C=O) groups is 1. The number of para-hydroxylation sites is 1. The number of carbonyl (C=O) groups excluding carboxylic acids is 1. The Labute approximate surface area is 157 Å². The predicted octanol–water partition coefficient (Wildman–Crippen LogP) is 4.20. The van der Waals surface area contributed by atoms with Crippen LogP contribution in [0.2, 0.25) is 0 Å². The van der Waals surface area contributed by atoms with Gasteiger partial charge in [-0.3, -0.25) is 4.79 Å². The Morgan fingerprint density at radius 1 is 1.15 bits per heavy atom. The summed E-state index contributed by atoms with van der Waals surface area (Å²) >= 11 is 0. The van der Waals surface area contributed by atoms with E-state index in [0.29, 0.717) is 18.0 Å². The van der Waals surface area contributed by atoms with E-state index < -0.39 is 11.7 Å². The minimum atomic E-state index is -4.35. The first-order chi connectivity index (χ1) is 12.8. The number of benzene rings is 2. The maximum absolute atomic E-state index is 12.6. The second-order valence-electron chi connectivity index (χ2n) is 7.06. The van der Waals surface area contributed by atoms with Crippen molar-refractivity contribution in [3.8, 4) is 0 Å². The number of amides is 1. The van der Waals surface area contributed by atoms with Gasteiger partial charge in [0, 0.05) is 25.3 Å². The van der Waals surface area contributed by atoms with Crippen molar-refractivity contribution in [2.75, 3.05) is 24.5 Å². The first-order valence-corrected chi connectivity index (χ1v) is 9.06. The van der Waals surface area contributed by atoms with Gasteiger partial charge in [0.1, 0.15) is 0 Å². The molecule has 144 valence electrons. The number of rotatable bonds is 5. The Morgan fingerprint density at radius 2 is 1.85 bits per heavy atom. The largest absolute Gasteiger partial charge is 0.416 e. The van der Waals surface area contributed by atoms with Gasteiger partial charge in [0.15, 0.2) is 0 Å². The number of hydrogen-bond donors (Lipinski definition) is 1. The molecule has 2 aromatic carbocycles. The molecule has 1 aliphatic heterocycles. The van der Waals surface area contributed by atoms with E-state index in [9.17, 15) is 18.0 Å². The topological polar surface area (TPSA) is 32.3 Å². The predicted molar refractivity (Wildman–Crippen MR) is 99.7 cm³/mol. The quantitative estimate of drug-likeness (QED) is 0.848. The molecule has 0 bridgehead atoms. The molecule has 1 heterocycles. The fourth-order valence-corrected chi connectivity index (χ4v) is 3.45. The number of nitrogens with one attached hydrogen (secondary N) is 1. The highest BCUT2D eigenvalue weighted by Crippen LogP contribution is 2.29. The third kappa shape index (κ3) is 5.02. The summed E-state index contributed by atoms with van der Waals surface area (Å²) in [6.45, 7) is 4.53. The third-order valence-electron chi connectivity index (χ3n) is 4.98. The van der Waals surface area contributed by atoms with Gasteiger partial charge in [-0.25, -0.2) is 0 Å². The van der Waals surface area contributed by atoms with Crippen LogP contribution < -0.4 is 10.2 Å². The molecule has 27 heavy (non-hydrogen) atoms. The van der Waals surface area contributed by atoms with Crippen molar-refractivity contribution >= 4 is 11.6 Å². The summed E-state index contributed by atoms with van der Waals surface area (Å²) < 4.78 is 37.7. The summed E-state index contributed by atoms with van der Waals surface area (Å²) in [5, 5.41) is 2.92. The number of aryl methyl sites for hydroxylation is 1. The van der Waals surface area contributed by atoms with E-state index in [2.05, 4.69) is 29.3 Å². The fourth-order valence-electron chi connectivity index (χ4n) is 3.45. The van der Waals surface area contributed by atoms with Gasteiger partial charge < -0.3 is 10.2 Å². The van der Waals surface area contributed by atoms with Gasteiger partial charge in [0.2, 0.25) is 5.91 Å². The lowest BCUT2D eigenvalue weighted by molar-refractivity contribution is -0.137. The highest BCUT2D eigenvalue weighted by molar-refractivity contribution is 5.78. The molecule has 1 N–H and O–H groups in total. The molecule has 1 atom stereocenters. The van der Waals surface area contributed by atoms with Crippen LogP contribution in [-0.2, 0) is 17.4 Å². The fraction of sp³-hybridized carbons (Fsp3) is 0.381. The number of anilines is 1. The average molecular weight is 376 g/mol. The SMILES string of the molecule is Cc1ccccc1N1CC[C@@H](CNC(=O)Cc2ccc(C(F)(F)F)cc2)C1. The van der Waals surface area contributed by atoms with Gasteiger partial charge in [-0.15, -0.1) is 0 Å². The molecule has 0 aliphatic carbocycles. The molecule has 0 spiro atoms. The van der Waals surface area contributed by atoms with E-state index in [4.69, 9.17) is 0 Å². The Hall–Kier alpha value is -2.50. The van der Waals surface area contributed by atoms with Crippen LogP contribution in [0.1, 0.15) is 23.1 Å². The Morgan fingerprint density at radius 3 is 2.52 bits per heavy atom. The molecular formula is C21H23F3N2O. The normalized spacial score (nSPS) is 17.2. The molecule has 0 saturated carbocycles. The zero-order valence-electron chi connectivity index (χ0n) is 15.2. The van der Waals surface area contributed by atoms with Crippen molar-refractivity contribution < 1.29 is 18.0 Å². The van der Waals surface area contributed by atoms with Crippen LogP contribution in [0.3, 0.4) is 0 Å². The maximum atomic E-state index is 12.6. The van der Waals surface area contributed by atoms with Crippen LogP contribution in [-0.4, -0.2) is 25.5 Å². The standard InChI is InChI=1S/C21H23F3N2O/c1-15-4-2-3-5-19(15)26-11-10-17(14-26)13-25-20(27)12-16-6-8-18(9-7-16)21(22,23)24/h2-9,17H,10-14H2,1H3,(H,25,27)/t17-/m0/s1. The van der Waals surface area contributed by atoms with E-state index >= 15 is 0 Å². The lowest BCUT2D eigenvalue weighted by Gasteiger charge is -2.21. The zero-order valence-corrected chi connectivity index (χ0v) is 15.2. The number of halogens is 3. The van der Waals surface area contributed by atoms with Crippen molar-refractivity contribution in [1.82, 2.24) is 5.32 Å². The summed E-state index contributed by atoms with van der Waals surface area (Å²) in [6, 6.07) is 13.0. The minimum Gasteiger partial charge on any atom is -0.371 e. The Balaban J connectivity index is 1.47. The van der Waals surface area contributed by atoms with Crippen LogP contribution in [0, 0.1) is 12.8 Å². The molecule has 1 amide bonds. The second kappa shape index (κ2) is 8.03. The summed E-state index contributed by atoms with van der Waals surface area (Å²) in [5.74, 6) is 0.213. The summed E-state index contributed by atoms with van der Waals surface area (Å²) in [5.41, 5.74) is 2.35. The van der Waals surface area contributed by atoms with Crippen molar-refractivity contribution in [2.24, 2.45) is 5.92 Å². The molecule has 0 unspecified atom stereocenters. The lowest BCUT2D eigenvalue weighted by Crippen LogP contribution is -2.32.